The molecule has 0 atom stereocenters. The Morgan fingerprint density at radius 2 is 2.03 bits per heavy atom. The summed E-state index contributed by atoms with van der Waals surface area (Å²) in [7, 11) is 0. The van der Waals surface area contributed by atoms with E-state index in [1.807, 2.05) is 18.2 Å². The van der Waals surface area contributed by atoms with Gasteiger partial charge in [-0.2, -0.15) is 15.3 Å². The van der Waals surface area contributed by atoms with Crippen LogP contribution >= 0.6 is 0 Å². The minimum atomic E-state index is -1.12. The van der Waals surface area contributed by atoms with Crippen molar-refractivity contribution in [3.8, 4) is 11.1 Å². The number of carboxylic acid groups (broad SMARTS) is 1. The number of hydrogen-bond acceptors (Lipinski definition) is 6. The highest BCUT2D eigenvalue weighted by molar-refractivity contribution is 6.07. The quantitative estimate of drug-likeness (QED) is 0.346. The molecule has 0 unspecified atom stereocenters. The molecule has 0 saturated carbocycles. The molecule has 5 aromatic rings. The van der Waals surface area contributed by atoms with Crippen molar-refractivity contribution in [1.29, 1.82) is 0 Å². The fourth-order valence-corrected chi connectivity index (χ4v) is 3.41. The summed E-state index contributed by atoms with van der Waals surface area (Å²) >= 11 is 0. The molecule has 0 aliphatic rings. The molecule has 0 bridgehead atoms. The van der Waals surface area contributed by atoms with Gasteiger partial charge in [0.2, 0.25) is 5.76 Å². The Labute approximate surface area is 174 Å². The summed E-state index contributed by atoms with van der Waals surface area (Å²) in [5, 5.41) is 27.8. The Bertz CT molecular complexity index is 1390. The molecule has 0 aliphatic heterocycles. The summed E-state index contributed by atoms with van der Waals surface area (Å²) in [5.74, 6) is -0.918. The smallest absolute Gasteiger partial charge is 0.371 e. The summed E-state index contributed by atoms with van der Waals surface area (Å²) in [6.45, 7) is 0.267. The molecule has 3 N–H and O–H groups in total. The molecule has 0 amide bonds. The van der Waals surface area contributed by atoms with Crippen LogP contribution in [0.15, 0.2) is 59.5 Å². The molecule has 5 rings (SSSR count). The number of Topliss-reactive ketones (excluding diaryl/α,β-unsaturated/α-hetero) is 1. The van der Waals surface area contributed by atoms with Gasteiger partial charge in [-0.25, -0.2) is 4.79 Å². The van der Waals surface area contributed by atoms with Crippen LogP contribution < -0.4 is 0 Å². The molecule has 0 saturated heterocycles. The van der Waals surface area contributed by atoms with E-state index >= 15 is 0 Å². The fourth-order valence-electron chi connectivity index (χ4n) is 3.41. The van der Waals surface area contributed by atoms with Crippen molar-refractivity contribution >= 4 is 22.7 Å². The number of carbonyl (C=O) groups excluding carboxylic acids is 1. The molecule has 0 radical (unpaired) electrons. The van der Waals surface area contributed by atoms with Gasteiger partial charge in [-0.1, -0.05) is 6.07 Å². The van der Waals surface area contributed by atoms with Crippen LogP contribution in [0.5, 0.6) is 0 Å². The lowest BCUT2D eigenvalue weighted by atomic mass is 10.0. The van der Waals surface area contributed by atoms with Gasteiger partial charge in [0, 0.05) is 29.8 Å². The predicted molar refractivity (Wildman–Crippen MR) is 109 cm³/mol. The van der Waals surface area contributed by atoms with Gasteiger partial charge in [0.25, 0.3) is 0 Å². The van der Waals surface area contributed by atoms with Crippen molar-refractivity contribution in [2.24, 2.45) is 0 Å². The van der Waals surface area contributed by atoms with Crippen molar-refractivity contribution in [2.75, 3.05) is 0 Å². The molecule has 4 aromatic heterocycles. The van der Waals surface area contributed by atoms with Gasteiger partial charge in [-0.3, -0.25) is 19.7 Å². The minimum absolute atomic E-state index is 0.126. The molecule has 154 valence electrons. The highest BCUT2D eigenvalue weighted by Gasteiger charge is 2.17. The van der Waals surface area contributed by atoms with Crippen LogP contribution in [0.3, 0.4) is 0 Å². The molecule has 10 heteroatoms. The van der Waals surface area contributed by atoms with Crippen LogP contribution in [-0.2, 0) is 13.0 Å². The lowest BCUT2D eigenvalue weighted by molar-refractivity contribution is 0.0660. The lowest BCUT2D eigenvalue weighted by Gasteiger charge is -1.99. The van der Waals surface area contributed by atoms with Gasteiger partial charge >= 0.3 is 5.97 Å². The van der Waals surface area contributed by atoms with E-state index in [0.717, 1.165) is 27.6 Å². The molecule has 0 spiro atoms. The number of aromatic nitrogens is 6. The first-order valence-electron chi connectivity index (χ1n) is 9.40. The van der Waals surface area contributed by atoms with Gasteiger partial charge in [-0.15, -0.1) is 0 Å². The first-order chi connectivity index (χ1) is 15.1. The third kappa shape index (κ3) is 3.62. The number of carbonyl (C=O) groups is 2. The molecule has 0 aliphatic carbocycles. The van der Waals surface area contributed by atoms with E-state index in [-0.39, 0.29) is 24.5 Å². The highest BCUT2D eigenvalue weighted by atomic mass is 16.4. The Morgan fingerprint density at radius 3 is 2.81 bits per heavy atom. The first kappa shape index (κ1) is 18.6. The Balaban J connectivity index is 1.31. The van der Waals surface area contributed by atoms with Gasteiger partial charge in [0.05, 0.1) is 24.5 Å². The minimum Gasteiger partial charge on any atom is -0.475 e. The normalized spacial score (nSPS) is 11.2. The van der Waals surface area contributed by atoms with Crippen molar-refractivity contribution < 1.29 is 19.1 Å². The maximum atomic E-state index is 12.8. The molecular formula is C21H16N6O4. The van der Waals surface area contributed by atoms with Crippen molar-refractivity contribution in [3.05, 3.63) is 77.9 Å². The van der Waals surface area contributed by atoms with E-state index < -0.39 is 5.97 Å². The topological polar surface area (TPSA) is 143 Å². The van der Waals surface area contributed by atoms with Crippen LogP contribution in [-0.4, -0.2) is 47.0 Å². The summed E-state index contributed by atoms with van der Waals surface area (Å²) in [5.41, 5.74) is 3.78. The standard InChI is InChI=1S/C21H16N6O4/c28-18(5-12-7-24-27(10-12)11-15-2-4-19(31-15)21(29)30)20-16-3-1-13(6-17(16)25-26-20)14-8-22-23-9-14/h1-4,6-10H,5,11H2,(H,22,23)(H,25,26)(H,29,30). The SMILES string of the molecule is O=C(O)c1ccc(Cn2cc(CC(=O)c3n[nH]c4cc(-c5cn[nH]c5)ccc34)cn2)o1. The monoisotopic (exact) mass is 416 g/mol. The number of benzene rings is 1. The average molecular weight is 416 g/mol. The largest absolute Gasteiger partial charge is 0.475 e. The lowest BCUT2D eigenvalue weighted by Crippen LogP contribution is -2.04. The number of fused-ring (bicyclic) bond motifs is 1. The van der Waals surface area contributed by atoms with Gasteiger partial charge in [0.15, 0.2) is 5.78 Å². The van der Waals surface area contributed by atoms with E-state index in [1.165, 1.54) is 6.07 Å². The number of nitrogens with one attached hydrogen (secondary N) is 2. The summed E-state index contributed by atoms with van der Waals surface area (Å²) in [4.78, 5) is 23.7. The van der Waals surface area contributed by atoms with Crippen LogP contribution in [0, 0.1) is 0 Å². The molecule has 10 nitrogen and oxygen atoms in total. The third-order valence-corrected chi connectivity index (χ3v) is 4.90. The summed E-state index contributed by atoms with van der Waals surface area (Å²) in [6.07, 6.45) is 7.00. The predicted octanol–water partition coefficient (Wildman–Crippen LogP) is 2.91. The number of rotatable bonds is 7. The first-order valence-corrected chi connectivity index (χ1v) is 9.40. The number of aromatic carboxylic acids is 1. The van der Waals surface area contributed by atoms with Crippen LogP contribution in [0.25, 0.3) is 22.0 Å². The molecule has 4 heterocycles. The second kappa shape index (κ2) is 7.41. The van der Waals surface area contributed by atoms with Crippen LogP contribution in [0.4, 0.5) is 0 Å². The Kier molecular flexibility index (Phi) is 4.43. The number of H-pyrrole nitrogens is 2. The second-order valence-electron chi connectivity index (χ2n) is 7.04. The number of aromatic amines is 2. The number of ketones is 1. The zero-order valence-corrected chi connectivity index (χ0v) is 16.1. The Morgan fingerprint density at radius 1 is 1.13 bits per heavy atom. The van der Waals surface area contributed by atoms with Gasteiger partial charge in [-0.05, 0) is 35.4 Å². The summed E-state index contributed by atoms with van der Waals surface area (Å²) < 4.78 is 6.83. The second-order valence-corrected chi connectivity index (χ2v) is 7.04. The van der Waals surface area contributed by atoms with E-state index in [0.29, 0.717) is 11.5 Å². The van der Waals surface area contributed by atoms with Gasteiger partial charge in [0.1, 0.15) is 11.5 Å². The van der Waals surface area contributed by atoms with Crippen molar-refractivity contribution in [2.45, 2.75) is 13.0 Å². The molecular weight excluding hydrogens is 400 g/mol. The van der Waals surface area contributed by atoms with E-state index in [2.05, 4.69) is 25.5 Å². The maximum Gasteiger partial charge on any atom is 0.371 e. The van der Waals surface area contributed by atoms with Crippen molar-refractivity contribution in [1.82, 2.24) is 30.2 Å². The number of nitrogens with zero attached hydrogens (tertiary/aromatic N) is 4. The van der Waals surface area contributed by atoms with Crippen LogP contribution in [0.1, 0.15) is 32.4 Å². The van der Waals surface area contributed by atoms with Gasteiger partial charge < -0.3 is 9.52 Å². The van der Waals surface area contributed by atoms with Crippen LogP contribution in [0.2, 0.25) is 0 Å². The van der Waals surface area contributed by atoms with E-state index in [1.54, 1.807) is 35.5 Å². The molecule has 31 heavy (non-hydrogen) atoms. The number of carboxylic acids is 1. The highest BCUT2D eigenvalue weighted by Crippen LogP contribution is 2.25. The van der Waals surface area contributed by atoms with Crippen molar-refractivity contribution in [3.63, 3.8) is 0 Å². The number of hydrogen-bond donors (Lipinski definition) is 3. The summed E-state index contributed by atoms with van der Waals surface area (Å²) in [6, 6.07) is 8.70. The molecule has 1 aromatic carbocycles. The fraction of sp³-hybridized carbons (Fsp3) is 0.0952. The third-order valence-electron chi connectivity index (χ3n) is 4.90. The zero-order chi connectivity index (χ0) is 21.4. The van der Waals surface area contributed by atoms with E-state index in [4.69, 9.17) is 9.52 Å². The maximum absolute atomic E-state index is 12.8. The molecule has 0 fully saturated rings. The zero-order valence-electron chi connectivity index (χ0n) is 16.1. The average Bonchev–Trinajstić information content (AvgIpc) is 3.54. The van der Waals surface area contributed by atoms with E-state index in [9.17, 15) is 9.59 Å². The Hall–Kier alpha value is -4.47. The number of furan rings is 1.